The van der Waals surface area contributed by atoms with Gasteiger partial charge < -0.3 is 10.1 Å². The summed E-state index contributed by atoms with van der Waals surface area (Å²) in [5.41, 5.74) is 0.961. The summed E-state index contributed by atoms with van der Waals surface area (Å²) >= 11 is 0. The van der Waals surface area contributed by atoms with Crippen LogP contribution in [0.4, 0.5) is 5.69 Å². The van der Waals surface area contributed by atoms with Crippen molar-refractivity contribution in [2.75, 3.05) is 5.32 Å². The maximum Gasteiger partial charge on any atom is 0.224 e. The summed E-state index contributed by atoms with van der Waals surface area (Å²) in [7, 11) is 0. The highest BCUT2D eigenvalue weighted by molar-refractivity contribution is 5.90. The third-order valence-corrected chi connectivity index (χ3v) is 5.93. The van der Waals surface area contributed by atoms with Gasteiger partial charge in [-0.05, 0) is 87.0 Å². The number of ether oxygens (including phenoxy) is 1. The highest BCUT2D eigenvalue weighted by Crippen LogP contribution is 2.57. The SMILES string of the molecule is CCCC(=O)Nc1ccc(OC23CC4CC(CC(C4)C2)C3)cc1. The van der Waals surface area contributed by atoms with Gasteiger partial charge in [-0.2, -0.15) is 0 Å². The lowest BCUT2D eigenvalue weighted by molar-refractivity contribution is -0.116. The van der Waals surface area contributed by atoms with E-state index in [9.17, 15) is 4.79 Å². The van der Waals surface area contributed by atoms with Gasteiger partial charge in [0.25, 0.3) is 0 Å². The van der Waals surface area contributed by atoms with E-state index < -0.39 is 0 Å². The fraction of sp³-hybridized carbons (Fsp3) is 0.650. The van der Waals surface area contributed by atoms with Crippen LogP contribution in [-0.2, 0) is 4.79 Å². The van der Waals surface area contributed by atoms with Crippen LogP contribution in [0.15, 0.2) is 24.3 Å². The summed E-state index contributed by atoms with van der Waals surface area (Å²) in [6.07, 6.45) is 9.49. The molecule has 1 aromatic rings. The molecule has 0 saturated heterocycles. The predicted octanol–water partition coefficient (Wildman–Crippen LogP) is 4.77. The second kappa shape index (κ2) is 5.85. The minimum atomic E-state index is 0.0854. The molecule has 4 aliphatic rings. The van der Waals surface area contributed by atoms with Crippen LogP contribution in [0.1, 0.15) is 58.3 Å². The predicted molar refractivity (Wildman–Crippen MR) is 91.5 cm³/mol. The number of nitrogens with one attached hydrogen (secondary N) is 1. The summed E-state index contributed by atoms with van der Waals surface area (Å²) in [5, 5.41) is 2.94. The monoisotopic (exact) mass is 313 g/mol. The summed E-state index contributed by atoms with van der Waals surface area (Å²) in [6, 6.07) is 7.95. The molecule has 124 valence electrons. The van der Waals surface area contributed by atoms with E-state index >= 15 is 0 Å². The Morgan fingerprint density at radius 1 is 1.09 bits per heavy atom. The Morgan fingerprint density at radius 3 is 2.17 bits per heavy atom. The van der Waals surface area contributed by atoms with Gasteiger partial charge in [0.2, 0.25) is 5.91 Å². The number of carbonyl (C=O) groups is 1. The largest absolute Gasteiger partial charge is 0.487 e. The van der Waals surface area contributed by atoms with E-state index in [2.05, 4.69) is 5.32 Å². The Labute approximate surface area is 138 Å². The van der Waals surface area contributed by atoms with Crippen molar-refractivity contribution in [3.8, 4) is 5.75 Å². The van der Waals surface area contributed by atoms with Crippen LogP contribution >= 0.6 is 0 Å². The van der Waals surface area contributed by atoms with E-state index in [0.29, 0.717) is 6.42 Å². The Bertz CT molecular complexity index is 543. The van der Waals surface area contributed by atoms with Crippen LogP contribution in [0.2, 0.25) is 0 Å². The number of anilines is 1. The minimum Gasteiger partial charge on any atom is -0.487 e. The Balaban J connectivity index is 1.42. The summed E-state index contributed by atoms with van der Waals surface area (Å²) in [5.74, 6) is 3.74. The van der Waals surface area contributed by atoms with Gasteiger partial charge >= 0.3 is 0 Å². The lowest BCUT2D eigenvalue weighted by atomic mass is 9.54. The Morgan fingerprint density at radius 2 is 1.65 bits per heavy atom. The molecule has 4 saturated carbocycles. The first kappa shape index (κ1) is 15.0. The van der Waals surface area contributed by atoms with Crippen LogP contribution in [0, 0.1) is 17.8 Å². The molecule has 0 atom stereocenters. The number of carbonyl (C=O) groups excluding carboxylic acids is 1. The van der Waals surface area contributed by atoms with Gasteiger partial charge in [-0.25, -0.2) is 0 Å². The van der Waals surface area contributed by atoms with Crippen molar-refractivity contribution >= 4 is 11.6 Å². The average Bonchev–Trinajstić information content (AvgIpc) is 2.48. The van der Waals surface area contributed by atoms with Crippen molar-refractivity contribution in [2.45, 2.75) is 63.9 Å². The average molecular weight is 313 g/mol. The van der Waals surface area contributed by atoms with Crippen LogP contribution in [0.5, 0.6) is 5.75 Å². The number of hydrogen-bond acceptors (Lipinski definition) is 2. The molecule has 0 radical (unpaired) electrons. The number of hydrogen-bond donors (Lipinski definition) is 1. The van der Waals surface area contributed by atoms with E-state index in [1.807, 2.05) is 31.2 Å². The van der Waals surface area contributed by atoms with Crippen molar-refractivity contribution in [3.63, 3.8) is 0 Å². The summed E-state index contributed by atoms with van der Waals surface area (Å²) in [4.78, 5) is 11.7. The van der Waals surface area contributed by atoms with Crippen LogP contribution in [0.3, 0.4) is 0 Å². The maximum atomic E-state index is 11.7. The van der Waals surface area contributed by atoms with Gasteiger partial charge in [0.15, 0.2) is 0 Å². The molecular formula is C20H27NO2. The zero-order valence-electron chi connectivity index (χ0n) is 14.0. The van der Waals surface area contributed by atoms with E-state index in [4.69, 9.17) is 4.74 Å². The fourth-order valence-electron chi connectivity index (χ4n) is 5.46. The van der Waals surface area contributed by atoms with Gasteiger partial charge in [-0.3, -0.25) is 4.79 Å². The molecule has 3 nitrogen and oxygen atoms in total. The quantitative estimate of drug-likeness (QED) is 0.850. The van der Waals surface area contributed by atoms with E-state index in [1.54, 1.807) is 0 Å². The minimum absolute atomic E-state index is 0.0854. The standard InChI is InChI=1S/C20H27NO2/c1-2-3-19(22)21-17-4-6-18(7-5-17)23-20-11-14-8-15(12-20)10-16(9-14)13-20/h4-7,14-16H,2-3,8-13H2,1H3,(H,21,22). The zero-order chi connectivity index (χ0) is 15.9. The molecule has 3 heteroatoms. The zero-order valence-corrected chi connectivity index (χ0v) is 14.0. The molecule has 0 unspecified atom stereocenters. The first-order valence-corrected chi connectivity index (χ1v) is 9.23. The molecule has 4 fully saturated rings. The normalized spacial score (nSPS) is 34.4. The first-order valence-electron chi connectivity index (χ1n) is 9.23. The molecular weight excluding hydrogens is 286 g/mol. The highest BCUT2D eigenvalue weighted by atomic mass is 16.5. The van der Waals surface area contributed by atoms with E-state index in [-0.39, 0.29) is 11.5 Å². The highest BCUT2D eigenvalue weighted by Gasteiger charge is 2.52. The molecule has 4 aliphatic carbocycles. The first-order chi connectivity index (χ1) is 11.1. The second-order valence-electron chi connectivity index (χ2n) is 8.03. The topological polar surface area (TPSA) is 38.3 Å². The van der Waals surface area contributed by atoms with Crippen molar-refractivity contribution in [3.05, 3.63) is 24.3 Å². The molecule has 1 amide bonds. The second-order valence-corrected chi connectivity index (χ2v) is 8.03. The summed E-state index contributed by atoms with van der Waals surface area (Å²) < 4.78 is 6.51. The van der Waals surface area contributed by atoms with Gasteiger partial charge in [0.05, 0.1) is 0 Å². The van der Waals surface area contributed by atoms with Gasteiger partial charge in [-0.1, -0.05) is 6.92 Å². The Hall–Kier alpha value is -1.51. The fourth-order valence-corrected chi connectivity index (χ4v) is 5.46. The molecule has 0 spiro atoms. The van der Waals surface area contributed by atoms with Crippen LogP contribution < -0.4 is 10.1 Å². The van der Waals surface area contributed by atoms with Crippen molar-refractivity contribution in [1.29, 1.82) is 0 Å². The third kappa shape index (κ3) is 3.11. The smallest absolute Gasteiger partial charge is 0.224 e. The lowest BCUT2D eigenvalue weighted by Gasteiger charge is -2.56. The van der Waals surface area contributed by atoms with Gasteiger partial charge in [-0.15, -0.1) is 0 Å². The van der Waals surface area contributed by atoms with Crippen LogP contribution in [-0.4, -0.2) is 11.5 Å². The number of rotatable bonds is 5. The van der Waals surface area contributed by atoms with Gasteiger partial charge in [0, 0.05) is 12.1 Å². The van der Waals surface area contributed by atoms with Crippen molar-refractivity contribution < 1.29 is 9.53 Å². The van der Waals surface area contributed by atoms with Crippen molar-refractivity contribution in [2.24, 2.45) is 17.8 Å². The Kier molecular flexibility index (Phi) is 3.82. The summed E-state index contributed by atoms with van der Waals surface area (Å²) in [6.45, 7) is 2.02. The molecule has 5 rings (SSSR count). The molecule has 0 heterocycles. The molecule has 0 aliphatic heterocycles. The molecule has 0 aromatic heterocycles. The maximum absolute atomic E-state index is 11.7. The van der Waals surface area contributed by atoms with Crippen molar-refractivity contribution in [1.82, 2.24) is 0 Å². The molecule has 1 aromatic carbocycles. The molecule has 4 bridgehead atoms. The number of benzene rings is 1. The number of amides is 1. The van der Waals surface area contributed by atoms with Crippen LogP contribution in [0.25, 0.3) is 0 Å². The van der Waals surface area contributed by atoms with Gasteiger partial charge in [0.1, 0.15) is 11.4 Å². The molecule has 1 N–H and O–H groups in total. The molecule has 23 heavy (non-hydrogen) atoms. The van der Waals surface area contributed by atoms with E-state index in [1.165, 1.54) is 38.5 Å². The third-order valence-electron chi connectivity index (χ3n) is 5.93. The van der Waals surface area contributed by atoms with E-state index in [0.717, 1.165) is 35.6 Å². The lowest BCUT2D eigenvalue weighted by Crippen LogP contribution is -2.53.